The summed E-state index contributed by atoms with van der Waals surface area (Å²) in [6, 6.07) is 0. The van der Waals surface area contributed by atoms with E-state index < -0.39 is 11.5 Å². The molecule has 0 rings (SSSR count). The number of hydrogen-bond acceptors (Lipinski definition) is 4. The van der Waals surface area contributed by atoms with Gasteiger partial charge < -0.3 is 5.73 Å². The molecule has 0 bridgehead atoms. The van der Waals surface area contributed by atoms with E-state index in [4.69, 9.17) is 11.0 Å². The third-order valence-electron chi connectivity index (χ3n) is 1.28. The molecule has 0 aromatic rings. The van der Waals surface area contributed by atoms with Crippen molar-refractivity contribution in [3.05, 3.63) is 0 Å². The first kappa shape index (κ1) is 8.39. The Hall–Kier alpha value is -0.610. The molecule has 0 saturated heterocycles. The van der Waals surface area contributed by atoms with Crippen molar-refractivity contribution in [3.8, 4) is 0 Å². The van der Waals surface area contributed by atoms with Crippen molar-refractivity contribution >= 4 is 5.97 Å². The van der Waals surface area contributed by atoms with Gasteiger partial charge in [0.2, 0.25) is 0 Å². The topological polar surface area (TPSA) is 72.6 Å². The number of hydrogen-bond donors (Lipinski definition) is 2. The Kier molecular flexibility index (Phi) is 2.61. The summed E-state index contributed by atoms with van der Waals surface area (Å²) in [6.07, 6.45) is 0.437. The van der Waals surface area contributed by atoms with Crippen LogP contribution < -0.4 is 5.73 Å². The van der Waals surface area contributed by atoms with E-state index in [2.05, 4.69) is 4.89 Å². The first-order chi connectivity index (χ1) is 4.04. The number of nitrogens with two attached hydrogens (primary N) is 1. The fourth-order valence-corrected chi connectivity index (χ4v) is 0.249. The van der Waals surface area contributed by atoms with E-state index in [-0.39, 0.29) is 0 Å². The fraction of sp³-hybridized carbons (Fsp3) is 0.800. The lowest BCUT2D eigenvalue weighted by Crippen LogP contribution is -2.44. The highest BCUT2D eigenvalue weighted by atomic mass is 17.1. The third-order valence-corrected chi connectivity index (χ3v) is 1.28. The largest absolute Gasteiger partial charge is 0.361 e. The Bertz CT molecular complexity index is 111. The summed E-state index contributed by atoms with van der Waals surface area (Å²) in [5.41, 5.74) is 4.27. The van der Waals surface area contributed by atoms with Crippen LogP contribution in [0.2, 0.25) is 0 Å². The smallest absolute Gasteiger partial charge is 0.316 e. The summed E-state index contributed by atoms with van der Waals surface area (Å²) < 4.78 is 0. The zero-order valence-corrected chi connectivity index (χ0v) is 5.55. The van der Waals surface area contributed by atoms with Crippen molar-refractivity contribution in [1.29, 1.82) is 0 Å². The zero-order valence-electron chi connectivity index (χ0n) is 5.55. The molecule has 1 atom stereocenters. The monoisotopic (exact) mass is 133 g/mol. The average Bonchev–Trinajstić information content (AvgIpc) is 1.86. The van der Waals surface area contributed by atoms with Gasteiger partial charge in [0.25, 0.3) is 0 Å². The van der Waals surface area contributed by atoms with Gasteiger partial charge in [0.1, 0.15) is 5.54 Å². The van der Waals surface area contributed by atoms with Crippen LogP contribution >= 0.6 is 0 Å². The molecule has 1 unspecified atom stereocenters. The van der Waals surface area contributed by atoms with Gasteiger partial charge in [-0.15, -0.1) is 0 Å². The molecular formula is C5H11NO3. The highest BCUT2D eigenvalue weighted by Crippen LogP contribution is 2.05. The van der Waals surface area contributed by atoms with Crippen molar-refractivity contribution in [2.75, 3.05) is 0 Å². The summed E-state index contributed by atoms with van der Waals surface area (Å²) in [5, 5.41) is 7.87. The minimum Gasteiger partial charge on any atom is -0.316 e. The maximum Gasteiger partial charge on any atom is 0.361 e. The van der Waals surface area contributed by atoms with Crippen LogP contribution in [0, 0.1) is 0 Å². The molecule has 0 aromatic carbocycles. The summed E-state index contributed by atoms with van der Waals surface area (Å²) in [5.74, 6) is -0.801. The van der Waals surface area contributed by atoms with Crippen LogP contribution in [0.1, 0.15) is 20.3 Å². The molecule has 4 nitrogen and oxygen atoms in total. The van der Waals surface area contributed by atoms with Gasteiger partial charge in [-0.2, -0.15) is 5.26 Å². The molecule has 0 radical (unpaired) electrons. The van der Waals surface area contributed by atoms with E-state index in [0.29, 0.717) is 6.42 Å². The van der Waals surface area contributed by atoms with Gasteiger partial charge >= 0.3 is 5.97 Å². The quantitative estimate of drug-likeness (QED) is 0.415. The second-order valence-corrected chi connectivity index (χ2v) is 2.15. The SMILES string of the molecule is CCC(C)(N)C(=O)OO. The molecule has 54 valence electrons. The summed E-state index contributed by atoms with van der Waals surface area (Å²) in [6.45, 7) is 3.22. The van der Waals surface area contributed by atoms with Crippen LogP contribution in [0.3, 0.4) is 0 Å². The summed E-state index contributed by atoms with van der Waals surface area (Å²) >= 11 is 0. The van der Waals surface area contributed by atoms with Gasteiger partial charge in [0.15, 0.2) is 0 Å². The predicted molar refractivity (Wildman–Crippen MR) is 31.6 cm³/mol. The maximum absolute atomic E-state index is 10.5. The molecular weight excluding hydrogens is 122 g/mol. The van der Waals surface area contributed by atoms with Gasteiger partial charge in [0.05, 0.1) is 0 Å². The molecule has 0 aliphatic rings. The van der Waals surface area contributed by atoms with Crippen molar-refractivity contribution in [2.24, 2.45) is 5.73 Å². The molecule has 0 fully saturated rings. The highest BCUT2D eigenvalue weighted by molar-refractivity contribution is 5.79. The van der Waals surface area contributed by atoms with E-state index >= 15 is 0 Å². The van der Waals surface area contributed by atoms with Crippen LogP contribution in [0.15, 0.2) is 0 Å². The molecule has 0 aliphatic carbocycles. The highest BCUT2D eigenvalue weighted by Gasteiger charge is 2.27. The van der Waals surface area contributed by atoms with Gasteiger partial charge in [-0.05, 0) is 13.3 Å². The number of carbonyl (C=O) groups excluding carboxylic acids is 1. The van der Waals surface area contributed by atoms with Gasteiger partial charge in [0, 0.05) is 0 Å². The first-order valence-corrected chi connectivity index (χ1v) is 2.69. The molecule has 9 heavy (non-hydrogen) atoms. The van der Waals surface area contributed by atoms with E-state index in [1.165, 1.54) is 6.92 Å². The number of carbonyl (C=O) groups is 1. The van der Waals surface area contributed by atoms with Crippen LogP contribution in [0.4, 0.5) is 0 Å². The molecule has 0 saturated carbocycles. The third kappa shape index (κ3) is 1.99. The van der Waals surface area contributed by atoms with Crippen LogP contribution in [-0.2, 0) is 9.68 Å². The normalized spacial score (nSPS) is 16.4. The van der Waals surface area contributed by atoms with E-state index in [0.717, 1.165) is 0 Å². The van der Waals surface area contributed by atoms with Crippen LogP contribution in [0.25, 0.3) is 0 Å². The lowest BCUT2D eigenvalue weighted by atomic mass is 10.0. The number of rotatable bonds is 2. The lowest BCUT2D eigenvalue weighted by molar-refractivity contribution is -0.239. The predicted octanol–water partition coefficient (Wildman–Crippen LogP) is 0.130. The standard InChI is InChI=1S/C5H11NO3/c1-3-5(2,6)4(7)9-8/h8H,3,6H2,1-2H3. The summed E-state index contributed by atoms with van der Waals surface area (Å²) in [4.78, 5) is 13.9. The van der Waals surface area contributed by atoms with E-state index in [9.17, 15) is 4.79 Å². The lowest BCUT2D eigenvalue weighted by Gasteiger charge is -2.16. The molecule has 0 spiro atoms. The minimum atomic E-state index is -1.06. The molecule has 0 heterocycles. The molecule has 0 aliphatic heterocycles. The Balaban J connectivity index is 3.97. The van der Waals surface area contributed by atoms with Gasteiger partial charge in [-0.1, -0.05) is 6.92 Å². The minimum absolute atomic E-state index is 0.437. The van der Waals surface area contributed by atoms with Crippen molar-refractivity contribution in [1.82, 2.24) is 0 Å². The molecule has 0 amide bonds. The molecule has 4 heteroatoms. The fourth-order valence-electron chi connectivity index (χ4n) is 0.249. The Morgan fingerprint density at radius 1 is 1.89 bits per heavy atom. The van der Waals surface area contributed by atoms with E-state index in [1.807, 2.05) is 0 Å². The zero-order chi connectivity index (χ0) is 7.49. The molecule has 0 aromatic heterocycles. The van der Waals surface area contributed by atoms with Crippen molar-refractivity contribution in [3.63, 3.8) is 0 Å². The van der Waals surface area contributed by atoms with Crippen LogP contribution in [0.5, 0.6) is 0 Å². The van der Waals surface area contributed by atoms with Gasteiger partial charge in [-0.25, -0.2) is 4.79 Å². The molecule has 3 N–H and O–H groups in total. The maximum atomic E-state index is 10.5. The second kappa shape index (κ2) is 2.80. The van der Waals surface area contributed by atoms with Crippen molar-refractivity contribution < 1.29 is 14.9 Å². The second-order valence-electron chi connectivity index (χ2n) is 2.15. The first-order valence-electron chi connectivity index (χ1n) is 2.69. The Morgan fingerprint density at radius 2 is 2.33 bits per heavy atom. The Labute approximate surface area is 53.5 Å². The average molecular weight is 133 g/mol. The van der Waals surface area contributed by atoms with Gasteiger partial charge in [-0.3, -0.25) is 4.89 Å². The van der Waals surface area contributed by atoms with E-state index in [1.54, 1.807) is 6.92 Å². The summed E-state index contributed by atoms with van der Waals surface area (Å²) in [7, 11) is 0. The van der Waals surface area contributed by atoms with Crippen LogP contribution in [-0.4, -0.2) is 16.8 Å². The van der Waals surface area contributed by atoms with Crippen molar-refractivity contribution in [2.45, 2.75) is 25.8 Å². The Morgan fingerprint density at radius 3 is 2.44 bits per heavy atom.